The predicted octanol–water partition coefficient (Wildman–Crippen LogP) is 1.17. The molecule has 0 aromatic carbocycles. The summed E-state index contributed by atoms with van der Waals surface area (Å²) in [5.41, 5.74) is 4.73. The van der Waals surface area contributed by atoms with Crippen molar-refractivity contribution in [3.63, 3.8) is 0 Å². The Morgan fingerprint density at radius 2 is 2.14 bits per heavy atom. The van der Waals surface area contributed by atoms with Gasteiger partial charge < -0.3 is 11.1 Å². The molecule has 0 radical (unpaired) electrons. The van der Waals surface area contributed by atoms with Crippen molar-refractivity contribution >= 4 is 34.9 Å². The molecule has 0 heterocycles. The average Bonchev–Trinajstić information content (AvgIpc) is 2.11. The molecule has 0 atom stereocenters. The zero-order valence-corrected chi connectivity index (χ0v) is 10.6. The third-order valence-electron chi connectivity index (χ3n) is 1.99. The summed E-state index contributed by atoms with van der Waals surface area (Å²) < 4.78 is 0. The van der Waals surface area contributed by atoms with Crippen LogP contribution in [0.1, 0.15) is 20.3 Å². The lowest BCUT2D eigenvalue weighted by Crippen LogP contribution is -2.45. The molecule has 0 aromatic heterocycles. The first-order chi connectivity index (χ1) is 6.42. The summed E-state index contributed by atoms with van der Waals surface area (Å²) >= 11 is 6.59. The van der Waals surface area contributed by atoms with Gasteiger partial charge in [0.05, 0.1) is 10.4 Å². The number of hydrogen-bond donors (Lipinski definition) is 2. The summed E-state index contributed by atoms with van der Waals surface area (Å²) in [5, 5.41) is 2.82. The minimum absolute atomic E-state index is 0.0916. The van der Waals surface area contributed by atoms with Gasteiger partial charge in [0.25, 0.3) is 0 Å². The fourth-order valence-corrected chi connectivity index (χ4v) is 1.28. The molecule has 82 valence electrons. The lowest BCUT2D eigenvalue weighted by atomic mass is 9.92. The van der Waals surface area contributed by atoms with Crippen LogP contribution in [0.3, 0.4) is 0 Å². The number of carbonyl (C=O) groups is 1. The Morgan fingerprint density at radius 1 is 1.57 bits per heavy atom. The van der Waals surface area contributed by atoms with E-state index < -0.39 is 5.41 Å². The number of amides is 1. The SMILES string of the molecule is CSCCCNC(=O)C(C)(C)C(N)=S. The van der Waals surface area contributed by atoms with E-state index in [4.69, 9.17) is 18.0 Å². The van der Waals surface area contributed by atoms with E-state index in [1.165, 1.54) is 0 Å². The van der Waals surface area contributed by atoms with E-state index in [1.807, 2.05) is 6.26 Å². The Hall–Kier alpha value is -0.290. The van der Waals surface area contributed by atoms with Crippen LogP contribution in [0.2, 0.25) is 0 Å². The van der Waals surface area contributed by atoms with Crippen LogP contribution in [0, 0.1) is 5.41 Å². The van der Waals surface area contributed by atoms with Crippen molar-refractivity contribution < 1.29 is 4.79 Å². The van der Waals surface area contributed by atoms with Gasteiger partial charge in [-0.3, -0.25) is 4.79 Å². The largest absolute Gasteiger partial charge is 0.392 e. The highest BCUT2D eigenvalue weighted by Crippen LogP contribution is 2.15. The molecule has 5 heteroatoms. The van der Waals surface area contributed by atoms with Gasteiger partial charge in [-0.1, -0.05) is 12.2 Å². The number of thioether (sulfide) groups is 1. The van der Waals surface area contributed by atoms with Gasteiger partial charge in [-0.25, -0.2) is 0 Å². The van der Waals surface area contributed by atoms with E-state index in [0.29, 0.717) is 6.54 Å². The highest BCUT2D eigenvalue weighted by Gasteiger charge is 2.30. The first kappa shape index (κ1) is 13.7. The maximum Gasteiger partial charge on any atom is 0.232 e. The highest BCUT2D eigenvalue weighted by atomic mass is 32.2. The maximum absolute atomic E-state index is 11.6. The lowest BCUT2D eigenvalue weighted by Gasteiger charge is -2.21. The minimum atomic E-state index is -0.741. The number of rotatable bonds is 6. The van der Waals surface area contributed by atoms with E-state index in [2.05, 4.69) is 5.32 Å². The van der Waals surface area contributed by atoms with Gasteiger partial charge in [0.1, 0.15) is 0 Å². The Morgan fingerprint density at radius 3 is 2.57 bits per heavy atom. The smallest absolute Gasteiger partial charge is 0.232 e. The summed E-state index contributed by atoms with van der Waals surface area (Å²) in [6.45, 7) is 4.16. The van der Waals surface area contributed by atoms with Gasteiger partial charge in [-0.2, -0.15) is 11.8 Å². The van der Waals surface area contributed by atoms with E-state index in [1.54, 1.807) is 25.6 Å². The zero-order chi connectivity index (χ0) is 11.2. The summed E-state index contributed by atoms with van der Waals surface area (Å²) in [7, 11) is 0. The number of carbonyl (C=O) groups excluding carboxylic acids is 1. The fraction of sp³-hybridized carbons (Fsp3) is 0.778. The molecule has 0 spiro atoms. The molecule has 0 aliphatic carbocycles. The van der Waals surface area contributed by atoms with Crippen LogP contribution in [-0.4, -0.2) is 29.4 Å². The lowest BCUT2D eigenvalue weighted by molar-refractivity contribution is -0.126. The Balaban J connectivity index is 3.90. The number of thiocarbonyl (C=S) groups is 1. The van der Waals surface area contributed by atoms with E-state index in [9.17, 15) is 4.79 Å². The molecule has 14 heavy (non-hydrogen) atoms. The Kier molecular flexibility index (Phi) is 6.11. The topological polar surface area (TPSA) is 55.1 Å². The molecule has 3 nitrogen and oxygen atoms in total. The zero-order valence-electron chi connectivity index (χ0n) is 8.92. The fourth-order valence-electron chi connectivity index (χ4n) is 0.751. The van der Waals surface area contributed by atoms with Gasteiger partial charge in [0, 0.05) is 6.54 Å². The standard InChI is InChI=1S/C9H18N2OS2/c1-9(2,7(10)13)8(12)11-5-4-6-14-3/h4-6H2,1-3H3,(H2,10,13)(H,11,12). The van der Waals surface area contributed by atoms with E-state index in [0.717, 1.165) is 12.2 Å². The molecule has 0 bridgehead atoms. The van der Waals surface area contributed by atoms with Crippen LogP contribution in [0.25, 0.3) is 0 Å². The molecule has 0 fully saturated rings. The predicted molar refractivity (Wildman–Crippen MR) is 66.6 cm³/mol. The van der Waals surface area contributed by atoms with Crippen molar-refractivity contribution in [2.75, 3.05) is 18.6 Å². The second-order valence-corrected chi connectivity index (χ2v) is 5.02. The first-order valence-corrected chi connectivity index (χ1v) is 6.30. The number of nitrogens with one attached hydrogen (secondary N) is 1. The second kappa shape index (κ2) is 6.24. The number of hydrogen-bond acceptors (Lipinski definition) is 3. The maximum atomic E-state index is 11.6. The third kappa shape index (κ3) is 4.28. The Labute approximate surface area is 95.2 Å². The quantitative estimate of drug-likeness (QED) is 0.535. The van der Waals surface area contributed by atoms with Crippen LogP contribution in [0.4, 0.5) is 0 Å². The van der Waals surface area contributed by atoms with E-state index in [-0.39, 0.29) is 10.9 Å². The highest BCUT2D eigenvalue weighted by molar-refractivity contribution is 7.98. The average molecular weight is 234 g/mol. The Bertz CT molecular complexity index is 217. The monoisotopic (exact) mass is 234 g/mol. The van der Waals surface area contributed by atoms with Gasteiger partial charge in [0.15, 0.2) is 0 Å². The molecule has 0 saturated carbocycles. The summed E-state index contributed by atoms with van der Waals surface area (Å²) in [4.78, 5) is 11.8. The number of nitrogens with two attached hydrogens (primary N) is 1. The molecule has 0 aliphatic heterocycles. The molecule has 3 N–H and O–H groups in total. The van der Waals surface area contributed by atoms with Crippen LogP contribution in [-0.2, 0) is 4.79 Å². The normalized spacial score (nSPS) is 11.1. The summed E-state index contributed by atoms with van der Waals surface area (Å²) in [6, 6.07) is 0. The van der Waals surface area contributed by atoms with Crippen molar-refractivity contribution in [1.29, 1.82) is 0 Å². The first-order valence-electron chi connectivity index (χ1n) is 4.50. The van der Waals surface area contributed by atoms with Crippen molar-refractivity contribution in [2.24, 2.45) is 11.1 Å². The van der Waals surface area contributed by atoms with Crippen LogP contribution in [0.5, 0.6) is 0 Å². The van der Waals surface area contributed by atoms with Crippen LogP contribution >= 0.6 is 24.0 Å². The molecule has 1 amide bonds. The minimum Gasteiger partial charge on any atom is -0.392 e. The van der Waals surface area contributed by atoms with Crippen molar-refractivity contribution in [3.05, 3.63) is 0 Å². The third-order valence-corrected chi connectivity index (χ3v) is 3.20. The van der Waals surface area contributed by atoms with Crippen molar-refractivity contribution in [3.8, 4) is 0 Å². The van der Waals surface area contributed by atoms with Crippen LogP contribution < -0.4 is 11.1 Å². The molecule has 0 unspecified atom stereocenters. The van der Waals surface area contributed by atoms with Gasteiger partial charge in [0.2, 0.25) is 5.91 Å². The van der Waals surface area contributed by atoms with Crippen LogP contribution in [0.15, 0.2) is 0 Å². The molecule has 0 rings (SSSR count). The molecule has 0 aromatic rings. The molecular formula is C9H18N2OS2. The van der Waals surface area contributed by atoms with Gasteiger partial charge in [-0.05, 0) is 32.3 Å². The molecular weight excluding hydrogens is 216 g/mol. The van der Waals surface area contributed by atoms with Gasteiger partial charge >= 0.3 is 0 Å². The van der Waals surface area contributed by atoms with Crippen molar-refractivity contribution in [1.82, 2.24) is 5.32 Å². The van der Waals surface area contributed by atoms with Crippen molar-refractivity contribution in [2.45, 2.75) is 20.3 Å². The molecule has 0 saturated heterocycles. The summed E-state index contributed by atoms with van der Waals surface area (Å²) in [6.07, 6.45) is 3.01. The summed E-state index contributed by atoms with van der Waals surface area (Å²) in [5.74, 6) is 0.958. The van der Waals surface area contributed by atoms with Gasteiger partial charge in [-0.15, -0.1) is 0 Å². The van der Waals surface area contributed by atoms with E-state index >= 15 is 0 Å². The second-order valence-electron chi connectivity index (χ2n) is 3.59. The molecule has 0 aliphatic rings.